The van der Waals surface area contributed by atoms with Gasteiger partial charge in [0.1, 0.15) is 0 Å². The molecule has 0 atom stereocenters. The average Bonchev–Trinajstić information content (AvgIpc) is 0. The fourth-order valence-electron chi connectivity index (χ4n) is 0. The SMILES string of the molecule is [Ga].[Ga].[Ga].[La].[La].[La].[La].[La]. The third-order valence-corrected chi connectivity index (χ3v) is 0. The van der Waals surface area contributed by atoms with Gasteiger partial charge in [-0.3, -0.25) is 0 Å². The molecule has 0 saturated carbocycles. The maximum absolute atomic E-state index is 0. The summed E-state index contributed by atoms with van der Waals surface area (Å²) in [5, 5.41) is 0. The Kier molecular flexibility index (Phi) is 327. The van der Waals surface area contributed by atoms with Crippen molar-refractivity contribution >= 4 is 59.4 Å². The number of rotatable bonds is 0. The largest absolute Gasteiger partial charge is 0 e. The van der Waals surface area contributed by atoms with E-state index in [1.54, 1.807) is 0 Å². The van der Waals surface area contributed by atoms with Crippen molar-refractivity contribution in [3.8, 4) is 0 Å². The fourth-order valence-corrected chi connectivity index (χ4v) is 0. The van der Waals surface area contributed by atoms with Crippen molar-refractivity contribution < 1.29 is 178 Å². The smallest absolute Gasteiger partial charge is 0 e. The molecule has 24 valence electrons. The van der Waals surface area contributed by atoms with Crippen molar-refractivity contribution in [2.24, 2.45) is 0 Å². The van der Waals surface area contributed by atoms with Crippen molar-refractivity contribution in [1.29, 1.82) is 0 Å². The van der Waals surface area contributed by atoms with Gasteiger partial charge in [0.25, 0.3) is 0 Å². The maximum Gasteiger partial charge on any atom is 0 e. The molecule has 0 spiro atoms. The summed E-state index contributed by atoms with van der Waals surface area (Å²) >= 11 is 0. The van der Waals surface area contributed by atoms with Gasteiger partial charge in [0.15, 0.2) is 0 Å². The van der Waals surface area contributed by atoms with Gasteiger partial charge in [0, 0.05) is 237 Å². The van der Waals surface area contributed by atoms with E-state index in [0.29, 0.717) is 0 Å². The molecule has 8 heteroatoms. The molecule has 0 heterocycles. The van der Waals surface area contributed by atoms with E-state index in [-0.39, 0.29) is 237 Å². The minimum atomic E-state index is 0. The Labute approximate surface area is 229 Å². The molecule has 0 aromatic rings. The molecule has 0 amide bonds. The van der Waals surface area contributed by atoms with Crippen molar-refractivity contribution in [2.75, 3.05) is 0 Å². The molecule has 0 aliphatic heterocycles. The first kappa shape index (κ1) is 56.6. The van der Waals surface area contributed by atoms with Crippen LogP contribution in [0.3, 0.4) is 0 Å². The molecule has 0 fully saturated rings. The van der Waals surface area contributed by atoms with Crippen LogP contribution in [0.5, 0.6) is 0 Å². The Morgan fingerprint density at radius 3 is 0.250 bits per heavy atom. The minimum absolute atomic E-state index is 0. The standard InChI is InChI=1S/3Ga.5La. The van der Waals surface area contributed by atoms with Gasteiger partial charge >= 0.3 is 0 Å². The molecule has 0 aliphatic carbocycles. The Balaban J connectivity index is 0. The summed E-state index contributed by atoms with van der Waals surface area (Å²) in [6.07, 6.45) is 0. The molecule has 0 unspecified atom stereocenters. The molecule has 14 radical (unpaired) electrons. The van der Waals surface area contributed by atoms with Gasteiger partial charge in [-0.15, -0.1) is 0 Å². The molecule has 8 heavy (non-hydrogen) atoms. The van der Waals surface area contributed by atoms with Gasteiger partial charge in [-0.2, -0.15) is 0 Å². The summed E-state index contributed by atoms with van der Waals surface area (Å²) in [5.74, 6) is 0. The van der Waals surface area contributed by atoms with Crippen LogP contribution in [0, 0.1) is 178 Å². The van der Waals surface area contributed by atoms with Gasteiger partial charge in [0.05, 0.1) is 0 Å². The zero-order valence-corrected chi connectivity index (χ0v) is 30.0. The van der Waals surface area contributed by atoms with Crippen LogP contribution in [-0.4, -0.2) is 59.4 Å². The minimum Gasteiger partial charge on any atom is 0 e. The van der Waals surface area contributed by atoms with Crippen molar-refractivity contribution in [1.82, 2.24) is 0 Å². The zero-order valence-electron chi connectivity index (χ0n) is 4.62. The first-order valence-electron chi connectivity index (χ1n) is 0. The predicted octanol–water partition coefficient (Wildman–Crippen LogP) is -1.14. The summed E-state index contributed by atoms with van der Waals surface area (Å²) in [5.41, 5.74) is 0. The molecule has 0 aliphatic rings. The van der Waals surface area contributed by atoms with E-state index in [9.17, 15) is 0 Å². The molecular formula is Ga3La5. The second-order valence-corrected chi connectivity index (χ2v) is 0. The second kappa shape index (κ2) is 46.2. The van der Waals surface area contributed by atoms with Crippen LogP contribution < -0.4 is 0 Å². The Hall–Kier alpha value is 7.88. The quantitative estimate of drug-likeness (QED) is 0.270. The van der Waals surface area contributed by atoms with Crippen LogP contribution in [0.15, 0.2) is 0 Å². The van der Waals surface area contributed by atoms with E-state index in [0.717, 1.165) is 0 Å². The summed E-state index contributed by atoms with van der Waals surface area (Å²) in [6.45, 7) is 0. The summed E-state index contributed by atoms with van der Waals surface area (Å²) in [6, 6.07) is 0. The topological polar surface area (TPSA) is 0 Å². The van der Waals surface area contributed by atoms with E-state index in [1.807, 2.05) is 0 Å². The zero-order chi connectivity index (χ0) is 0. The summed E-state index contributed by atoms with van der Waals surface area (Å²) < 4.78 is 0. The van der Waals surface area contributed by atoms with Crippen molar-refractivity contribution in [3.63, 3.8) is 0 Å². The Morgan fingerprint density at radius 2 is 0.250 bits per heavy atom. The van der Waals surface area contributed by atoms with E-state index in [4.69, 9.17) is 0 Å². The molecule has 0 nitrogen and oxygen atoms in total. The molecule has 0 aromatic carbocycles. The van der Waals surface area contributed by atoms with Gasteiger partial charge < -0.3 is 0 Å². The molecule has 0 rings (SSSR count). The van der Waals surface area contributed by atoms with Gasteiger partial charge in [-0.25, -0.2) is 0 Å². The Bertz CT molecular complexity index is 7.64. The van der Waals surface area contributed by atoms with Crippen LogP contribution in [0.4, 0.5) is 0 Å². The normalized spacial score (nSPS) is 0. The third kappa shape index (κ3) is 37.1. The summed E-state index contributed by atoms with van der Waals surface area (Å²) in [7, 11) is 0. The van der Waals surface area contributed by atoms with Crippen LogP contribution in [-0.2, 0) is 0 Å². The van der Waals surface area contributed by atoms with Crippen LogP contribution in [0.2, 0.25) is 0 Å². The van der Waals surface area contributed by atoms with Crippen molar-refractivity contribution in [2.45, 2.75) is 0 Å². The third-order valence-electron chi connectivity index (χ3n) is 0. The Morgan fingerprint density at radius 1 is 0.250 bits per heavy atom. The van der Waals surface area contributed by atoms with E-state index in [1.165, 1.54) is 0 Å². The molecule has 0 saturated heterocycles. The molecular weight excluding hydrogens is 904 g/mol. The van der Waals surface area contributed by atoms with Crippen LogP contribution in [0.1, 0.15) is 0 Å². The van der Waals surface area contributed by atoms with Crippen LogP contribution in [0.25, 0.3) is 0 Å². The number of hydrogen-bond acceptors (Lipinski definition) is 0. The van der Waals surface area contributed by atoms with E-state index in [2.05, 4.69) is 0 Å². The van der Waals surface area contributed by atoms with Gasteiger partial charge in [-0.05, 0) is 0 Å². The van der Waals surface area contributed by atoms with Gasteiger partial charge in [-0.1, -0.05) is 0 Å². The first-order chi connectivity index (χ1) is 0. The van der Waals surface area contributed by atoms with Crippen molar-refractivity contribution in [3.05, 3.63) is 0 Å². The molecule has 0 N–H and O–H groups in total. The second-order valence-electron chi connectivity index (χ2n) is 0. The summed E-state index contributed by atoms with van der Waals surface area (Å²) in [4.78, 5) is 0. The average molecular weight is 904 g/mol. The van der Waals surface area contributed by atoms with Crippen LogP contribution >= 0.6 is 0 Å². The number of hydrogen-bond donors (Lipinski definition) is 0. The molecule has 0 bridgehead atoms. The molecule has 0 aromatic heterocycles. The first-order valence-corrected chi connectivity index (χ1v) is 0. The fraction of sp³-hybridized carbons (Fsp3) is 0. The predicted molar refractivity (Wildman–Crippen MR) is 17.3 cm³/mol. The van der Waals surface area contributed by atoms with E-state index < -0.39 is 0 Å². The van der Waals surface area contributed by atoms with Gasteiger partial charge in [0.2, 0.25) is 0 Å². The maximum atomic E-state index is 0. The van der Waals surface area contributed by atoms with E-state index >= 15 is 0 Å². The monoisotopic (exact) mass is 901 g/mol.